The molecule has 0 bridgehead atoms. The maximum atomic E-state index is 12.4. The normalized spacial score (nSPS) is 21.5. The van der Waals surface area contributed by atoms with Gasteiger partial charge < -0.3 is 19.7 Å². The minimum atomic E-state index is -0.339. The molecule has 0 aliphatic carbocycles. The van der Waals surface area contributed by atoms with Gasteiger partial charge in [0.25, 0.3) is 0 Å². The second-order valence-electron chi connectivity index (χ2n) is 6.67. The molecule has 0 radical (unpaired) electrons. The highest BCUT2D eigenvalue weighted by molar-refractivity contribution is 5.75. The average molecular weight is 358 g/mol. The second-order valence-corrected chi connectivity index (χ2v) is 6.67. The van der Waals surface area contributed by atoms with Gasteiger partial charge in [0.05, 0.1) is 13.0 Å². The lowest BCUT2D eigenvalue weighted by Crippen LogP contribution is -2.42. The van der Waals surface area contributed by atoms with Gasteiger partial charge in [-0.25, -0.2) is 4.79 Å². The zero-order valence-electron chi connectivity index (χ0n) is 15.2. The summed E-state index contributed by atoms with van der Waals surface area (Å²) in [6.07, 6.45) is 6.96. The monoisotopic (exact) mass is 358 g/mol. The molecule has 0 aromatic heterocycles. The number of hydrogen-bond acceptors (Lipinski definition) is 4. The predicted octanol–water partition coefficient (Wildman–Crippen LogP) is 2.98. The smallest absolute Gasteiger partial charge is 0.317 e. The Morgan fingerprint density at radius 2 is 2.12 bits per heavy atom. The van der Waals surface area contributed by atoms with Crippen molar-refractivity contribution in [3.63, 3.8) is 0 Å². The molecule has 2 heterocycles. The fraction of sp³-hybridized carbons (Fsp3) is 0.500. The largest absolute Gasteiger partial charge is 0.483 e. The topological polar surface area (TPSA) is 67.9 Å². The Balaban J connectivity index is 1.52. The number of hydrogen-bond donors (Lipinski definition) is 1. The van der Waals surface area contributed by atoms with Crippen molar-refractivity contribution >= 4 is 18.1 Å². The number of nitrogens with zero attached hydrogens (tertiary/aromatic N) is 1. The van der Waals surface area contributed by atoms with Crippen molar-refractivity contribution in [3.8, 4) is 5.75 Å². The molecule has 1 spiro atoms. The summed E-state index contributed by atoms with van der Waals surface area (Å²) in [6.45, 7) is 3.73. The molecular weight excluding hydrogens is 332 g/mol. The molecule has 0 saturated carbocycles. The van der Waals surface area contributed by atoms with Gasteiger partial charge in [-0.2, -0.15) is 0 Å². The Kier molecular flexibility index (Phi) is 5.81. The number of likely N-dealkylation sites (tertiary alicyclic amines) is 1. The summed E-state index contributed by atoms with van der Waals surface area (Å²) in [5, 5.41) is 2.80. The van der Waals surface area contributed by atoms with Crippen LogP contribution in [0.3, 0.4) is 0 Å². The van der Waals surface area contributed by atoms with Gasteiger partial charge >= 0.3 is 12.0 Å². The van der Waals surface area contributed by atoms with Crippen LogP contribution in [0.5, 0.6) is 5.75 Å². The van der Waals surface area contributed by atoms with Crippen LogP contribution >= 0.6 is 0 Å². The van der Waals surface area contributed by atoms with Crippen molar-refractivity contribution < 1.29 is 19.1 Å². The molecule has 3 rings (SSSR count). The molecule has 2 aliphatic heterocycles. The number of carbonyl (C=O) groups excluding carboxylic acids is 2. The first-order chi connectivity index (χ1) is 12.6. The van der Waals surface area contributed by atoms with Crippen LogP contribution in [0.1, 0.15) is 38.2 Å². The standard InChI is InChI=1S/C20H26N2O4/c1-2-25-18(23)9-13-21-19(24)22-14-5-10-20(12-15-22)11-8-16-6-3-4-7-17(16)26-20/h3-4,6-8,11H,2,5,9-10,12-15H2,1H3,(H,21,24)/t20-/m1/s1. The number of carbonyl (C=O) groups is 2. The van der Waals surface area contributed by atoms with E-state index in [4.69, 9.17) is 9.47 Å². The first kappa shape index (κ1) is 18.3. The highest BCUT2D eigenvalue weighted by Gasteiger charge is 2.35. The third kappa shape index (κ3) is 4.36. The molecule has 2 amide bonds. The molecule has 6 heteroatoms. The van der Waals surface area contributed by atoms with E-state index in [0.717, 1.165) is 30.6 Å². The molecule has 26 heavy (non-hydrogen) atoms. The van der Waals surface area contributed by atoms with Crippen molar-refractivity contribution in [1.29, 1.82) is 0 Å². The van der Waals surface area contributed by atoms with Crippen LogP contribution in [-0.4, -0.2) is 48.7 Å². The highest BCUT2D eigenvalue weighted by atomic mass is 16.5. The van der Waals surface area contributed by atoms with Crippen LogP contribution in [0, 0.1) is 0 Å². The fourth-order valence-corrected chi connectivity index (χ4v) is 3.42. The summed E-state index contributed by atoms with van der Waals surface area (Å²) in [7, 11) is 0. The molecule has 1 aromatic rings. The van der Waals surface area contributed by atoms with Crippen molar-refractivity contribution in [1.82, 2.24) is 10.2 Å². The first-order valence-corrected chi connectivity index (χ1v) is 9.27. The molecular formula is C20H26N2O4. The number of para-hydroxylation sites is 1. The van der Waals surface area contributed by atoms with Gasteiger partial charge in [-0.3, -0.25) is 4.79 Å². The zero-order valence-corrected chi connectivity index (χ0v) is 15.2. The first-order valence-electron chi connectivity index (χ1n) is 9.27. The molecule has 1 saturated heterocycles. The van der Waals surface area contributed by atoms with E-state index < -0.39 is 0 Å². The predicted molar refractivity (Wildman–Crippen MR) is 98.9 cm³/mol. The lowest BCUT2D eigenvalue weighted by atomic mass is 9.91. The minimum Gasteiger partial charge on any atom is -0.483 e. The quantitative estimate of drug-likeness (QED) is 0.840. The number of benzene rings is 1. The van der Waals surface area contributed by atoms with Crippen LogP contribution in [0.4, 0.5) is 4.79 Å². The van der Waals surface area contributed by atoms with E-state index in [9.17, 15) is 9.59 Å². The van der Waals surface area contributed by atoms with Gasteiger partial charge in [-0.1, -0.05) is 24.3 Å². The van der Waals surface area contributed by atoms with E-state index in [0.29, 0.717) is 26.2 Å². The molecule has 1 fully saturated rings. The molecule has 2 aliphatic rings. The van der Waals surface area contributed by atoms with E-state index in [1.165, 1.54) is 0 Å². The van der Waals surface area contributed by atoms with Crippen LogP contribution in [0.2, 0.25) is 0 Å². The maximum absolute atomic E-state index is 12.4. The number of urea groups is 1. The third-order valence-corrected chi connectivity index (χ3v) is 4.83. The van der Waals surface area contributed by atoms with Gasteiger partial charge in [0.2, 0.25) is 0 Å². The Labute approximate surface area is 154 Å². The Morgan fingerprint density at radius 3 is 2.96 bits per heavy atom. The van der Waals surface area contributed by atoms with E-state index in [2.05, 4.69) is 17.5 Å². The zero-order chi connectivity index (χ0) is 18.4. The van der Waals surface area contributed by atoms with Crippen molar-refractivity contribution in [2.75, 3.05) is 26.2 Å². The molecule has 1 aromatic carbocycles. The average Bonchev–Trinajstić information content (AvgIpc) is 2.84. The lowest BCUT2D eigenvalue weighted by Gasteiger charge is -2.34. The summed E-state index contributed by atoms with van der Waals surface area (Å²) in [5.74, 6) is 0.615. The van der Waals surface area contributed by atoms with Crippen molar-refractivity contribution in [2.45, 2.75) is 38.2 Å². The number of amides is 2. The number of fused-ring (bicyclic) bond motifs is 1. The summed E-state index contributed by atoms with van der Waals surface area (Å²) in [6, 6.07) is 7.88. The SMILES string of the molecule is CCOC(=O)CCNC(=O)N1CCC[C@@]2(C=Cc3ccccc3O2)CC1. The molecule has 0 unspecified atom stereocenters. The number of nitrogens with one attached hydrogen (secondary N) is 1. The summed E-state index contributed by atoms with van der Waals surface area (Å²) >= 11 is 0. The Bertz CT molecular complexity index is 688. The summed E-state index contributed by atoms with van der Waals surface area (Å²) < 4.78 is 11.2. The van der Waals surface area contributed by atoms with Gasteiger partial charge in [0.15, 0.2) is 0 Å². The third-order valence-electron chi connectivity index (χ3n) is 4.83. The Morgan fingerprint density at radius 1 is 1.27 bits per heavy atom. The second kappa shape index (κ2) is 8.25. The van der Waals surface area contributed by atoms with E-state index >= 15 is 0 Å². The Hall–Kier alpha value is -2.50. The number of esters is 1. The molecule has 1 N–H and O–H groups in total. The van der Waals surface area contributed by atoms with Crippen molar-refractivity contribution in [2.24, 2.45) is 0 Å². The highest BCUT2D eigenvalue weighted by Crippen LogP contribution is 2.36. The number of rotatable bonds is 4. The van der Waals surface area contributed by atoms with Crippen LogP contribution in [0.15, 0.2) is 30.3 Å². The van der Waals surface area contributed by atoms with E-state index in [1.807, 2.05) is 24.3 Å². The van der Waals surface area contributed by atoms with Gasteiger partial charge in [0, 0.05) is 31.6 Å². The van der Waals surface area contributed by atoms with Crippen LogP contribution < -0.4 is 10.1 Å². The summed E-state index contributed by atoms with van der Waals surface area (Å²) in [5.41, 5.74) is 0.754. The van der Waals surface area contributed by atoms with E-state index in [1.54, 1.807) is 11.8 Å². The van der Waals surface area contributed by atoms with Crippen LogP contribution in [-0.2, 0) is 9.53 Å². The maximum Gasteiger partial charge on any atom is 0.317 e. The minimum absolute atomic E-state index is 0.133. The molecule has 6 nitrogen and oxygen atoms in total. The van der Waals surface area contributed by atoms with E-state index in [-0.39, 0.29) is 24.0 Å². The summed E-state index contributed by atoms with van der Waals surface area (Å²) in [4.78, 5) is 25.5. The molecule has 1 atom stereocenters. The molecule has 140 valence electrons. The van der Waals surface area contributed by atoms with Gasteiger partial charge in [0.1, 0.15) is 11.4 Å². The van der Waals surface area contributed by atoms with Gasteiger partial charge in [-0.15, -0.1) is 0 Å². The van der Waals surface area contributed by atoms with Crippen LogP contribution in [0.25, 0.3) is 6.08 Å². The van der Waals surface area contributed by atoms with Crippen molar-refractivity contribution in [3.05, 3.63) is 35.9 Å². The fourth-order valence-electron chi connectivity index (χ4n) is 3.42. The number of ether oxygens (including phenoxy) is 2. The van der Waals surface area contributed by atoms with Gasteiger partial charge in [-0.05, 0) is 31.9 Å². The lowest BCUT2D eigenvalue weighted by molar-refractivity contribution is -0.142.